The monoisotopic (exact) mass is 302 g/mol. The van der Waals surface area contributed by atoms with Gasteiger partial charge in [-0.1, -0.05) is 12.2 Å². The topological polar surface area (TPSA) is 32.3 Å². The van der Waals surface area contributed by atoms with Crippen molar-refractivity contribution in [3.05, 3.63) is 42.2 Å². The average molecular weight is 302 g/mol. The first-order chi connectivity index (χ1) is 10.7. The molecule has 22 heavy (non-hydrogen) atoms. The first-order valence-electron chi connectivity index (χ1n) is 8.17. The van der Waals surface area contributed by atoms with Gasteiger partial charge in [-0.05, 0) is 55.9 Å². The zero-order valence-electron chi connectivity index (χ0n) is 12.8. The number of halogens is 1. The number of amides is 1. The van der Waals surface area contributed by atoms with E-state index in [1.165, 1.54) is 12.1 Å². The van der Waals surface area contributed by atoms with E-state index in [4.69, 9.17) is 0 Å². The number of nitrogens with one attached hydrogen (secondary N) is 1. The van der Waals surface area contributed by atoms with Gasteiger partial charge in [0, 0.05) is 31.2 Å². The van der Waals surface area contributed by atoms with Gasteiger partial charge in [0.2, 0.25) is 5.91 Å². The molecule has 0 spiro atoms. The van der Waals surface area contributed by atoms with Gasteiger partial charge in [-0.2, -0.15) is 0 Å². The van der Waals surface area contributed by atoms with E-state index in [2.05, 4.69) is 22.4 Å². The van der Waals surface area contributed by atoms with Crippen LogP contribution in [0.25, 0.3) is 0 Å². The van der Waals surface area contributed by atoms with Gasteiger partial charge in [0.25, 0.3) is 0 Å². The van der Waals surface area contributed by atoms with Crippen LogP contribution in [0.4, 0.5) is 10.1 Å². The van der Waals surface area contributed by atoms with E-state index in [1.807, 2.05) is 12.1 Å². The number of hydrogen-bond donors (Lipinski definition) is 1. The summed E-state index contributed by atoms with van der Waals surface area (Å²) in [7, 11) is 0. The molecule has 0 aromatic heterocycles. The maximum absolute atomic E-state index is 13.0. The van der Waals surface area contributed by atoms with Crippen molar-refractivity contribution in [3.8, 4) is 0 Å². The number of hydrogen-bond acceptors (Lipinski definition) is 2. The molecule has 1 aliphatic heterocycles. The van der Waals surface area contributed by atoms with Crippen LogP contribution in [-0.4, -0.2) is 25.0 Å². The van der Waals surface area contributed by atoms with Crippen LogP contribution >= 0.6 is 0 Å². The first-order valence-corrected chi connectivity index (χ1v) is 8.17. The molecule has 1 unspecified atom stereocenters. The quantitative estimate of drug-likeness (QED) is 0.866. The van der Waals surface area contributed by atoms with Gasteiger partial charge in [0.05, 0.1) is 0 Å². The van der Waals surface area contributed by atoms with E-state index in [9.17, 15) is 9.18 Å². The van der Waals surface area contributed by atoms with Crippen molar-refractivity contribution >= 4 is 11.6 Å². The molecule has 1 amide bonds. The van der Waals surface area contributed by atoms with Crippen LogP contribution in [0.3, 0.4) is 0 Å². The number of carbonyl (C=O) groups excluding carboxylic acids is 1. The van der Waals surface area contributed by atoms with Gasteiger partial charge in [-0.3, -0.25) is 4.79 Å². The van der Waals surface area contributed by atoms with Crippen molar-refractivity contribution in [2.75, 3.05) is 18.0 Å². The van der Waals surface area contributed by atoms with Crippen LogP contribution in [0.15, 0.2) is 36.4 Å². The van der Waals surface area contributed by atoms with E-state index in [1.54, 1.807) is 0 Å². The Morgan fingerprint density at radius 3 is 2.55 bits per heavy atom. The third-order valence-corrected chi connectivity index (χ3v) is 4.61. The highest BCUT2D eigenvalue weighted by Gasteiger charge is 2.22. The molecule has 0 radical (unpaired) electrons. The summed E-state index contributed by atoms with van der Waals surface area (Å²) in [5, 5.41) is 3.17. The summed E-state index contributed by atoms with van der Waals surface area (Å²) >= 11 is 0. The lowest BCUT2D eigenvalue weighted by Crippen LogP contribution is -2.45. The number of carbonyl (C=O) groups is 1. The van der Waals surface area contributed by atoms with Gasteiger partial charge < -0.3 is 10.2 Å². The van der Waals surface area contributed by atoms with Crippen molar-refractivity contribution in [2.24, 2.45) is 5.92 Å². The number of anilines is 1. The third kappa shape index (κ3) is 3.87. The zero-order chi connectivity index (χ0) is 15.4. The molecule has 0 saturated carbocycles. The van der Waals surface area contributed by atoms with Gasteiger partial charge in [0.15, 0.2) is 0 Å². The SMILES string of the molecule is O=C(CC1C=CCC1)NC1CCN(c2ccc(F)cc2)CC1. The number of piperidine rings is 1. The predicted molar refractivity (Wildman–Crippen MR) is 86.3 cm³/mol. The van der Waals surface area contributed by atoms with Gasteiger partial charge in [-0.15, -0.1) is 0 Å². The van der Waals surface area contributed by atoms with Crippen molar-refractivity contribution in [1.29, 1.82) is 0 Å². The second-order valence-corrected chi connectivity index (χ2v) is 6.27. The smallest absolute Gasteiger partial charge is 0.220 e. The summed E-state index contributed by atoms with van der Waals surface area (Å²) in [6.45, 7) is 1.81. The summed E-state index contributed by atoms with van der Waals surface area (Å²) in [5.41, 5.74) is 1.06. The summed E-state index contributed by atoms with van der Waals surface area (Å²) in [5.74, 6) is 0.406. The predicted octanol–water partition coefficient (Wildman–Crippen LogP) is 3.27. The van der Waals surface area contributed by atoms with E-state index >= 15 is 0 Å². The lowest BCUT2D eigenvalue weighted by atomic mass is 10.0. The highest BCUT2D eigenvalue weighted by Crippen LogP contribution is 2.22. The largest absolute Gasteiger partial charge is 0.371 e. The molecular weight excluding hydrogens is 279 g/mol. The van der Waals surface area contributed by atoms with Gasteiger partial charge in [0.1, 0.15) is 5.82 Å². The first kappa shape index (κ1) is 15.1. The molecule has 1 aromatic rings. The molecule has 118 valence electrons. The minimum Gasteiger partial charge on any atom is -0.371 e. The Morgan fingerprint density at radius 1 is 1.18 bits per heavy atom. The van der Waals surface area contributed by atoms with Crippen LogP contribution in [0.1, 0.15) is 32.1 Å². The summed E-state index contributed by atoms with van der Waals surface area (Å²) in [4.78, 5) is 14.3. The highest BCUT2D eigenvalue weighted by atomic mass is 19.1. The van der Waals surface area contributed by atoms with Crippen molar-refractivity contribution in [3.63, 3.8) is 0 Å². The average Bonchev–Trinajstić information content (AvgIpc) is 3.02. The highest BCUT2D eigenvalue weighted by molar-refractivity contribution is 5.76. The van der Waals surface area contributed by atoms with Crippen molar-refractivity contribution in [1.82, 2.24) is 5.32 Å². The molecule has 4 heteroatoms. The Labute approximate surface area is 131 Å². The minimum absolute atomic E-state index is 0.178. The van der Waals surface area contributed by atoms with Crippen LogP contribution in [0.2, 0.25) is 0 Å². The Bertz CT molecular complexity index is 533. The Kier molecular flexibility index (Phi) is 4.76. The molecule has 1 N–H and O–H groups in total. The van der Waals surface area contributed by atoms with Crippen LogP contribution < -0.4 is 10.2 Å². The maximum atomic E-state index is 13.0. The molecule has 0 bridgehead atoms. The molecule has 1 fully saturated rings. The van der Waals surface area contributed by atoms with Crippen LogP contribution in [0.5, 0.6) is 0 Å². The Hall–Kier alpha value is -1.84. The standard InChI is InChI=1S/C18H23FN2O/c19-15-5-7-17(8-6-15)21-11-9-16(10-12-21)20-18(22)13-14-3-1-2-4-14/h1,3,5-8,14,16H,2,4,9-13H2,(H,20,22). The second-order valence-electron chi connectivity index (χ2n) is 6.27. The third-order valence-electron chi connectivity index (χ3n) is 4.61. The molecule has 2 aliphatic rings. The fourth-order valence-electron chi connectivity index (χ4n) is 3.32. The number of allylic oxidation sites excluding steroid dienone is 2. The molecule has 1 aliphatic carbocycles. The lowest BCUT2D eigenvalue weighted by molar-refractivity contribution is -0.122. The number of benzene rings is 1. The molecule has 1 aromatic carbocycles. The van der Waals surface area contributed by atoms with Crippen LogP contribution in [0, 0.1) is 11.7 Å². The van der Waals surface area contributed by atoms with E-state index < -0.39 is 0 Å². The van der Waals surface area contributed by atoms with Crippen LogP contribution in [-0.2, 0) is 4.79 Å². The molecule has 1 heterocycles. The van der Waals surface area contributed by atoms with Gasteiger partial charge >= 0.3 is 0 Å². The van der Waals surface area contributed by atoms with Gasteiger partial charge in [-0.25, -0.2) is 4.39 Å². The summed E-state index contributed by atoms with van der Waals surface area (Å²) < 4.78 is 13.0. The Balaban J connectivity index is 1.44. The second kappa shape index (κ2) is 6.95. The maximum Gasteiger partial charge on any atom is 0.220 e. The van der Waals surface area contributed by atoms with E-state index in [0.29, 0.717) is 12.3 Å². The Morgan fingerprint density at radius 2 is 1.91 bits per heavy atom. The molecular formula is C18H23FN2O. The van der Waals surface area contributed by atoms with Crippen molar-refractivity contribution in [2.45, 2.75) is 38.1 Å². The number of nitrogens with zero attached hydrogens (tertiary/aromatic N) is 1. The molecule has 3 rings (SSSR count). The summed E-state index contributed by atoms with van der Waals surface area (Å²) in [6, 6.07) is 6.91. The molecule has 1 saturated heterocycles. The fraction of sp³-hybridized carbons (Fsp3) is 0.500. The fourth-order valence-corrected chi connectivity index (χ4v) is 3.32. The molecule has 3 nitrogen and oxygen atoms in total. The minimum atomic E-state index is -0.202. The lowest BCUT2D eigenvalue weighted by Gasteiger charge is -2.34. The summed E-state index contributed by atoms with van der Waals surface area (Å²) in [6.07, 6.45) is 9.06. The normalized spacial score (nSPS) is 22.0. The number of rotatable bonds is 4. The van der Waals surface area contributed by atoms with E-state index in [-0.39, 0.29) is 17.8 Å². The zero-order valence-corrected chi connectivity index (χ0v) is 12.8. The van der Waals surface area contributed by atoms with Crippen molar-refractivity contribution < 1.29 is 9.18 Å². The van der Waals surface area contributed by atoms with E-state index in [0.717, 1.165) is 44.5 Å². The molecule has 1 atom stereocenters.